The number of carbonyl (C=O) groups excluding carboxylic acids is 1. The molecule has 1 aromatic carbocycles. The van der Waals surface area contributed by atoms with Crippen molar-refractivity contribution in [2.45, 2.75) is 19.9 Å². The minimum atomic E-state index is -0.289. The average molecular weight is 276 g/mol. The van der Waals surface area contributed by atoms with Crippen LogP contribution in [0.5, 0.6) is 0 Å². The van der Waals surface area contributed by atoms with Crippen LogP contribution in [0.3, 0.4) is 0 Å². The Morgan fingerprint density at radius 2 is 2.10 bits per heavy atom. The number of benzene rings is 1. The molecule has 0 aliphatic rings. The van der Waals surface area contributed by atoms with Gasteiger partial charge in [-0.2, -0.15) is 5.10 Å². The van der Waals surface area contributed by atoms with Gasteiger partial charge in [-0.3, -0.25) is 4.79 Å². The van der Waals surface area contributed by atoms with Gasteiger partial charge < -0.3 is 11.1 Å². The van der Waals surface area contributed by atoms with Crippen LogP contribution in [-0.2, 0) is 4.79 Å². The molecule has 3 N–H and O–H groups in total. The molecule has 0 spiro atoms. The Kier molecular flexibility index (Phi) is 4.14. The minimum Gasteiger partial charge on any atom is -0.348 e. The summed E-state index contributed by atoms with van der Waals surface area (Å²) in [5, 5.41) is 7.06. The summed E-state index contributed by atoms with van der Waals surface area (Å²) in [5.74, 6) is -0.506. The zero-order valence-corrected chi connectivity index (χ0v) is 11.4. The van der Waals surface area contributed by atoms with E-state index in [9.17, 15) is 9.18 Å². The Morgan fingerprint density at radius 1 is 1.45 bits per heavy atom. The summed E-state index contributed by atoms with van der Waals surface area (Å²) >= 11 is 0. The number of nitrogens with one attached hydrogen (secondary N) is 1. The minimum absolute atomic E-state index is 0.0461. The van der Waals surface area contributed by atoms with Gasteiger partial charge in [0.2, 0.25) is 5.91 Å². The number of hydrogen-bond donors (Lipinski definition) is 2. The molecule has 0 bridgehead atoms. The van der Waals surface area contributed by atoms with E-state index in [1.165, 1.54) is 12.1 Å². The normalized spacial score (nSPS) is 12.2. The second-order valence-corrected chi connectivity index (χ2v) is 4.57. The second kappa shape index (κ2) is 5.83. The van der Waals surface area contributed by atoms with Gasteiger partial charge in [-0.05, 0) is 38.1 Å². The van der Waals surface area contributed by atoms with Gasteiger partial charge in [0.1, 0.15) is 5.82 Å². The largest absolute Gasteiger partial charge is 0.348 e. The van der Waals surface area contributed by atoms with Crippen molar-refractivity contribution in [2.24, 2.45) is 5.73 Å². The Bertz CT molecular complexity index is 606. The number of nitrogens with two attached hydrogens (primary N) is 1. The van der Waals surface area contributed by atoms with E-state index in [4.69, 9.17) is 5.73 Å². The van der Waals surface area contributed by atoms with Gasteiger partial charge in [0, 0.05) is 11.3 Å². The van der Waals surface area contributed by atoms with Gasteiger partial charge in [0.05, 0.1) is 24.5 Å². The van der Waals surface area contributed by atoms with Crippen molar-refractivity contribution in [3.05, 3.63) is 47.5 Å². The van der Waals surface area contributed by atoms with Crippen LogP contribution in [0.25, 0.3) is 5.69 Å². The van der Waals surface area contributed by atoms with Gasteiger partial charge in [0.15, 0.2) is 0 Å². The summed E-state index contributed by atoms with van der Waals surface area (Å²) < 4.78 is 14.6. The van der Waals surface area contributed by atoms with Crippen molar-refractivity contribution >= 4 is 5.91 Å². The molecule has 1 amide bonds. The first-order valence-corrected chi connectivity index (χ1v) is 6.33. The number of nitrogens with zero attached hydrogens (tertiary/aromatic N) is 2. The Morgan fingerprint density at radius 3 is 2.70 bits per heavy atom. The molecular weight excluding hydrogens is 259 g/mol. The van der Waals surface area contributed by atoms with Crippen LogP contribution in [0.15, 0.2) is 30.5 Å². The van der Waals surface area contributed by atoms with Crippen molar-refractivity contribution in [1.82, 2.24) is 15.1 Å². The van der Waals surface area contributed by atoms with E-state index in [-0.39, 0.29) is 24.3 Å². The molecule has 1 heterocycles. The van der Waals surface area contributed by atoms with Crippen molar-refractivity contribution in [2.75, 3.05) is 6.54 Å². The van der Waals surface area contributed by atoms with Crippen LogP contribution in [0.2, 0.25) is 0 Å². The van der Waals surface area contributed by atoms with Crippen molar-refractivity contribution < 1.29 is 9.18 Å². The van der Waals surface area contributed by atoms with E-state index in [2.05, 4.69) is 10.4 Å². The lowest BCUT2D eigenvalue weighted by Crippen LogP contribution is -2.32. The van der Waals surface area contributed by atoms with E-state index in [1.54, 1.807) is 23.0 Å². The summed E-state index contributed by atoms with van der Waals surface area (Å²) in [6.07, 6.45) is 1.69. The first-order chi connectivity index (χ1) is 9.52. The summed E-state index contributed by atoms with van der Waals surface area (Å²) in [7, 11) is 0. The monoisotopic (exact) mass is 276 g/mol. The van der Waals surface area contributed by atoms with Gasteiger partial charge >= 0.3 is 0 Å². The van der Waals surface area contributed by atoms with Crippen molar-refractivity contribution in [3.63, 3.8) is 0 Å². The molecule has 0 saturated heterocycles. The number of amides is 1. The van der Waals surface area contributed by atoms with Crippen LogP contribution in [0.4, 0.5) is 4.39 Å². The predicted molar refractivity (Wildman–Crippen MR) is 73.9 cm³/mol. The van der Waals surface area contributed by atoms with Crippen LogP contribution < -0.4 is 11.1 Å². The van der Waals surface area contributed by atoms with Crippen LogP contribution >= 0.6 is 0 Å². The molecular formula is C14H17FN4O. The van der Waals surface area contributed by atoms with Crippen LogP contribution in [-0.4, -0.2) is 22.2 Å². The molecule has 0 saturated carbocycles. The Balaban J connectivity index is 2.26. The predicted octanol–water partition coefficient (Wildman–Crippen LogP) is 1.46. The van der Waals surface area contributed by atoms with E-state index in [0.29, 0.717) is 0 Å². The van der Waals surface area contributed by atoms with Crippen molar-refractivity contribution in [3.8, 4) is 5.69 Å². The molecule has 0 aliphatic carbocycles. The zero-order chi connectivity index (χ0) is 14.7. The molecule has 6 heteroatoms. The molecule has 0 aliphatic heterocycles. The SMILES string of the molecule is Cc1c(C(C)NC(=O)CN)cnn1-c1ccc(F)cc1. The quantitative estimate of drug-likeness (QED) is 0.888. The van der Waals surface area contributed by atoms with E-state index in [0.717, 1.165) is 16.9 Å². The maximum atomic E-state index is 12.9. The highest BCUT2D eigenvalue weighted by Crippen LogP contribution is 2.20. The summed E-state index contributed by atoms with van der Waals surface area (Å²) in [4.78, 5) is 11.3. The third kappa shape index (κ3) is 2.85. The molecule has 1 atom stereocenters. The van der Waals surface area contributed by atoms with E-state index < -0.39 is 0 Å². The van der Waals surface area contributed by atoms with Crippen LogP contribution in [0.1, 0.15) is 24.2 Å². The highest BCUT2D eigenvalue weighted by Gasteiger charge is 2.15. The fourth-order valence-electron chi connectivity index (χ4n) is 2.07. The number of rotatable bonds is 4. The summed E-state index contributed by atoms with van der Waals surface area (Å²) in [6, 6.07) is 5.90. The van der Waals surface area contributed by atoms with E-state index in [1.807, 2.05) is 13.8 Å². The standard InChI is InChI=1S/C14H17FN4O/c1-9(18-14(20)7-16)13-8-17-19(10(13)2)12-5-3-11(15)4-6-12/h3-6,8-9H,7,16H2,1-2H3,(H,18,20). The number of halogens is 1. The fourth-order valence-corrected chi connectivity index (χ4v) is 2.07. The molecule has 0 radical (unpaired) electrons. The highest BCUT2D eigenvalue weighted by atomic mass is 19.1. The molecule has 20 heavy (non-hydrogen) atoms. The summed E-state index contributed by atoms with van der Waals surface area (Å²) in [5.41, 5.74) is 7.84. The summed E-state index contributed by atoms with van der Waals surface area (Å²) in [6.45, 7) is 3.72. The Hall–Kier alpha value is -2.21. The fraction of sp³-hybridized carbons (Fsp3) is 0.286. The van der Waals surface area contributed by atoms with Gasteiger partial charge in [-0.25, -0.2) is 9.07 Å². The first kappa shape index (κ1) is 14.2. The molecule has 2 aromatic rings. The lowest BCUT2D eigenvalue weighted by atomic mass is 10.1. The number of hydrogen-bond acceptors (Lipinski definition) is 3. The molecule has 1 aromatic heterocycles. The average Bonchev–Trinajstić information content (AvgIpc) is 2.81. The van der Waals surface area contributed by atoms with Gasteiger partial charge in [0.25, 0.3) is 0 Å². The second-order valence-electron chi connectivity index (χ2n) is 4.57. The van der Waals surface area contributed by atoms with Crippen molar-refractivity contribution in [1.29, 1.82) is 0 Å². The zero-order valence-electron chi connectivity index (χ0n) is 11.4. The van der Waals surface area contributed by atoms with E-state index >= 15 is 0 Å². The molecule has 2 rings (SSSR count). The molecule has 1 unspecified atom stereocenters. The van der Waals surface area contributed by atoms with Crippen LogP contribution in [0, 0.1) is 12.7 Å². The number of aromatic nitrogens is 2. The third-order valence-corrected chi connectivity index (χ3v) is 3.15. The smallest absolute Gasteiger partial charge is 0.234 e. The lowest BCUT2D eigenvalue weighted by Gasteiger charge is -2.13. The number of carbonyl (C=O) groups is 1. The third-order valence-electron chi connectivity index (χ3n) is 3.15. The highest BCUT2D eigenvalue weighted by molar-refractivity contribution is 5.78. The lowest BCUT2D eigenvalue weighted by molar-refractivity contribution is -0.120. The molecule has 0 fully saturated rings. The Labute approximate surface area is 116 Å². The maximum absolute atomic E-state index is 12.9. The molecule has 5 nitrogen and oxygen atoms in total. The first-order valence-electron chi connectivity index (χ1n) is 6.33. The van der Waals surface area contributed by atoms with Gasteiger partial charge in [-0.1, -0.05) is 0 Å². The maximum Gasteiger partial charge on any atom is 0.234 e. The van der Waals surface area contributed by atoms with Gasteiger partial charge in [-0.15, -0.1) is 0 Å². The molecule has 106 valence electrons. The topological polar surface area (TPSA) is 72.9 Å².